The molecule has 5 rings (SSSR count). The van der Waals surface area contributed by atoms with Gasteiger partial charge in [-0.15, -0.1) is 5.10 Å². The molecule has 0 aliphatic heterocycles. The Bertz CT molecular complexity index is 1440. The monoisotopic (exact) mass is 442 g/mol. The van der Waals surface area contributed by atoms with Crippen LogP contribution >= 0.6 is 0 Å². The minimum absolute atomic E-state index is 0.169. The molecule has 33 heavy (non-hydrogen) atoms. The van der Waals surface area contributed by atoms with E-state index >= 15 is 0 Å². The minimum atomic E-state index is -0.169. The van der Waals surface area contributed by atoms with E-state index in [-0.39, 0.29) is 5.69 Å². The van der Waals surface area contributed by atoms with Crippen LogP contribution in [0.4, 0.5) is 0 Å². The molecule has 0 fully saturated rings. The van der Waals surface area contributed by atoms with Gasteiger partial charge in [-0.1, -0.05) is 37.6 Å². The first-order chi connectivity index (χ1) is 16.2. The smallest absolute Gasteiger partial charge is 0.291 e. The van der Waals surface area contributed by atoms with Crippen molar-refractivity contribution in [1.82, 2.24) is 49.5 Å². The number of benzene rings is 1. The zero-order valence-corrected chi connectivity index (χ0v) is 18.3. The van der Waals surface area contributed by atoms with Crippen LogP contribution in [-0.2, 0) is 20.0 Å². The Kier molecular flexibility index (Phi) is 5.35. The molecule has 0 unspecified atom stereocenters. The third-order valence-electron chi connectivity index (χ3n) is 5.52. The van der Waals surface area contributed by atoms with Crippen LogP contribution in [0.2, 0.25) is 0 Å². The first-order valence-electron chi connectivity index (χ1n) is 10.6. The summed E-state index contributed by atoms with van der Waals surface area (Å²) < 4.78 is 4.90. The van der Waals surface area contributed by atoms with Crippen LogP contribution in [0.3, 0.4) is 0 Å². The molecule has 0 bridgehead atoms. The number of aromatic amines is 1. The lowest BCUT2D eigenvalue weighted by Gasteiger charge is -2.13. The number of pyridine rings is 1. The molecule has 1 aromatic carbocycles. The third-order valence-corrected chi connectivity index (χ3v) is 5.52. The van der Waals surface area contributed by atoms with Gasteiger partial charge in [0, 0.05) is 36.9 Å². The highest BCUT2D eigenvalue weighted by molar-refractivity contribution is 5.81. The van der Waals surface area contributed by atoms with Crippen molar-refractivity contribution in [3.63, 3.8) is 0 Å². The predicted molar refractivity (Wildman–Crippen MR) is 121 cm³/mol. The normalized spacial score (nSPS) is 11.2. The first kappa shape index (κ1) is 20.5. The number of hydrogen-bond donors (Lipinski definition) is 1. The largest absolute Gasteiger partial charge is 0.335 e. The van der Waals surface area contributed by atoms with Crippen molar-refractivity contribution in [3.8, 4) is 28.5 Å². The molecule has 11 nitrogen and oxygen atoms in total. The van der Waals surface area contributed by atoms with Gasteiger partial charge in [0.05, 0.1) is 6.54 Å². The number of aromatic nitrogens is 10. The fraction of sp³-hybridized carbons (Fsp3) is 0.227. The van der Waals surface area contributed by atoms with Crippen molar-refractivity contribution in [2.45, 2.75) is 26.3 Å². The van der Waals surface area contributed by atoms with E-state index in [0.29, 0.717) is 18.3 Å². The molecule has 4 aromatic heterocycles. The Morgan fingerprint density at radius 1 is 1.09 bits per heavy atom. The van der Waals surface area contributed by atoms with Gasteiger partial charge in [-0.3, -0.25) is 9.55 Å². The molecule has 166 valence electrons. The maximum absolute atomic E-state index is 13.4. The summed E-state index contributed by atoms with van der Waals surface area (Å²) in [4.78, 5) is 22.0. The molecule has 0 radical (unpaired) electrons. The highest BCUT2D eigenvalue weighted by Crippen LogP contribution is 2.32. The fourth-order valence-corrected chi connectivity index (χ4v) is 3.99. The zero-order chi connectivity index (χ0) is 22.8. The number of nitrogens with one attached hydrogen (secondary N) is 1. The Labute approximate surface area is 188 Å². The zero-order valence-electron chi connectivity index (χ0n) is 18.3. The second kappa shape index (κ2) is 8.61. The maximum Gasteiger partial charge on any atom is 0.335 e. The molecule has 5 aromatic rings. The van der Waals surface area contributed by atoms with Crippen LogP contribution in [-0.4, -0.2) is 49.5 Å². The van der Waals surface area contributed by atoms with Crippen LogP contribution in [0.25, 0.3) is 28.5 Å². The van der Waals surface area contributed by atoms with Gasteiger partial charge < -0.3 is 0 Å². The van der Waals surface area contributed by atoms with Crippen LogP contribution in [0.1, 0.15) is 24.6 Å². The van der Waals surface area contributed by atoms with Crippen LogP contribution in [0.5, 0.6) is 0 Å². The molecule has 4 heterocycles. The summed E-state index contributed by atoms with van der Waals surface area (Å²) in [5, 5.41) is 18.4. The third kappa shape index (κ3) is 3.73. The van der Waals surface area contributed by atoms with Crippen molar-refractivity contribution < 1.29 is 0 Å². The van der Waals surface area contributed by atoms with E-state index in [1.807, 2.05) is 36.5 Å². The SMILES string of the molecule is CCCc1cn(-c2ncnn2C)c(=O)n1Cc1cnccc1-c1ccccc1-c1nnn[nH]1. The minimum Gasteiger partial charge on any atom is -0.291 e. The Morgan fingerprint density at radius 3 is 2.67 bits per heavy atom. The number of tetrazole rings is 1. The number of aryl methyl sites for hydroxylation is 2. The summed E-state index contributed by atoms with van der Waals surface area (Å²) >= 11 is 0. The summed E-state index contributed by atoms with van der Waals surface area (Å²) in [6.07, 6.45) is 8.49. The highest BCUT2D eigenvalue weighted by Gasteiger charge is 2.18. The highest BCUT2D eigenvalue weighted by atomic mass is 16.2. The summed E-state index contributed by atoms with van der Waals surface area (Å²) in [6, 6.07) is 9.82. The van der Waals surface area contributed by atoms with Crippen molar-refractivity contribution in [1.29, 1.82) is 0 Å². The summed E-state index contributed by atoms with van der Waals surface area (Å²) in [5.74, 6) is 1.05. The van der Waals surface area contributed by atoms with Crippen LogP contribution < -0.4 is 5.69 Å². The van der Waals surface area contributed by atoms with Gasteiger partial charge in [0.2, 0.25) is 5.95 Å². The van der Waals surface area contributed by atoms with E-state index in [1.165, 1.54) is 6.33 Å². The Hall–Kier alpha value is -4.41. The van der Waals surface area contributed by atoms with Gasteiger partial charge in [-0.05, 0) is 39.6 Å². The van der Waals surface area contributed by atoms with Gasteiger partial charge in [0.1, 0.15) is 6.33 Å². The van der Waals surface area contributed by atoms with Gasteiger partial charge in [0.15, 0.2) is 5.82 Å². The molecule has 11 heteroatoms. The average molecular weight is 442 g/mol. The van der Waals surface area contributed by atoms with Crippen LogP contribution in [0, 0.1) is 0 Å². The van der Waals surface area contributed by atoms with Crippen molar-refractivity contribution >= 4 is 0 Å². The lowest BCUT2D eigenvalue weighted by molar-refractivity contribution is 0.670. The standard InChI is InChI=1S/C22H22N10O/c1-3-6-16-13-32(21-24-14-25-30(21)2)22(33)31(16)12-15-11-23-10-9-17(15)18-7-4-5-8-19(18)20-26-28-29-27-20/h4-5,7-11,13-14H,3,6,12H2,1-2H3,(H,26,27,28,29). The van der Waals surface area contributed by atoms with E-state index in [1.54, 1.807) is 33.3 Å². The van der Waals surface area contributed by atoms with E-state index in [2.05, 4.69) is 42.6 Å². The van der Waals surface area contributed by atoms with Gasteiger partial charge in [-0.2, -0.15) is 10.1 Å². The van der Waals surface area contributed by atoms with Crippen molar-refractivity contribution in [2.24, 2.45) is 7.05 Å². The maximum atomic E-state index is 13.4. The number of H-pyrrole nitrogens is 1. The number of imidazole rings is 1. The summed E-state index contributed by atoms with van der Waals surface area (Å²) in [7, 11) is 1.76. The second-order valence-corrected chi connectivity index (χ2v) is 7.62. The first-order valence-corrected chi connectivity index (χ1v) is 10.6. The Morgan fingerprint density at radius 2 is 1.94 bits per heavy atom. The van der Waals surface area contributed by atoms with Crippen molar-refractivity contribution in [2.75, 3.05) is 0 Å². The quantitative estimate of drug-likeness (QED) is 0.409. The molecule has 0 spiro atoms. The van der Waals surface area contributed by atoms with E-state index in [0.717, 1.165) is 40.8 Å². The number of nitrogens with zero attached hydrogens (tertiary/aromatic N) is 9. The summed E-state index contributed by atoms with van der Waals surface area (Å²) in [6.45, 7) is 2.46. The topological polar surface area (TPSA) is 125 Å². The van der Waals surface area contributed by atoms with E-state index < -0.39 is 0 Å². The Balaban J connectivity index is 1.62. The average Bonchev–Trinajstić information content (AvgIpc) is 3.58. The van der Waals surface area contributed by atoms with E-state index in [9.17, 15) is 4.79 Å². The van der Waals surface area contributed by atoms with Gasteiger partial charge >= 0.3 is 5.69 Å². The number of hydrogen-bond acceptors (Lipinski definition) is 7. The molecule has 0 atom stereocenters. The molecular weight excluding hydrogens is 420 g/mol. The molecule has 0 aliphatic carbocycles. The summed E-state index contributed by atoms with van der Waals surface area (Å²) in [5.41, 5.74) is 4.44. The lowest BCUT2D eigenvalue weighted by Crippen LogP contribution is -2.26. The van der Waals surface area contributed by atoms with Crippen molar-refractivity contribution in [3.05, 3.63) is 77.0 Å². The molecule has 0 saturated heterocycles. The number of rotatable bonds is 7. The molecular formula is C22H22N10O. The molecule has 0 aliphatic rings. The van der Waals surface area contributed by atoms with Gasteiger partial charge in [-0.25, -0.2) is 19.1 Å². The van der Waals surface area contributed by atoms with E-state index in [4.69, 9.17) is 0 Å². The fourth-order valence-electron chi connectivity index (χ4n) is 3.99. The molecule has 0 saturated carbocycles. The molecule has 1 N–H and O–H groups in total. The van der Waals surface area contributed by atoms with Crippen LogP contribution in [0.15, 0.2) is 60.0 Å². The predicted octanol–water partition coefficient (Wildman–Crippen LogP) is 2.01. The lowest BCUT2D eigenvalue weighted by atomic mass is 9.96. The second-order valence-electron chi connectivity index (χ2n) is 7.62. The van der Waals surface area contributed by atoms with Gasteiger partial charge in [0.25, 0.3) is 0 Å². The molecule has 0 amide bonds.